The van der Waals surface area contributed by atoms with Crippen LogP contribution in [0, 0.1) is 10.1 Å². The van der Waals surface area contributed by atoms with Gasteiger partial charge in [0.05, 0.1) is 4.92 Å². The van der Waals surface area contributed by atoms with Gasteiger partial charge in [0.1, 0.15) is 5.51 Å². The van der Waals surface area contributed by atoms with Crippen LogP contribution in [0.3, 0.4) is 0 Å². The molecule has 0 atom stereocenters. The summed E-state index contributed by atoms with van der Waals surface area (Å²) in [6.45, 7) is 2.39. The van der Waals surface area contributed by atoms with Gasteiger partial charge in [-0.2, -0.15) is 0 Å². The summed E-state index contributed by atoms with van der Waals surface area (Å²) in [5.41, 5.74) is 1.31. The van der Waals surface area contributed by atoms with Crippen LogP contribution < -0.4 is 10.0 Å². The molecule has 0 fully saturated rings. The highest BCUT2D eigenvalue weighted by atomic mass is 32.2. The molecule has 0 radical (unpaired) electrons. The van der Waals surface area contributed by atoms with Crippen LogP contribution in [0.1, 0.15) is 6.92 Å². The summed E-state index contributed by atoms with van der Waals surface area (Å²) in [6, 6.07) is 3.82. The number of aromatic nitrogens is 2. The largest absolute Gasteiger partial charge is 0.385 e. The van der Waals surface area contributed by atoms with Crippen LogP contribution in [-0.2, 0) is 10.0 Å². The molecule has 0 amide bonds. The zero-order chi connectivity index (χ0) is 15.5. The first kappa shape index (κ1) is 15.1. The highest BCUT2D eigenvalue weighted by Crippen LogP contribution is 2.29. The number of nitrogens with one attached hydrogen (secondary N) is 2. The van der Waals surface area contributed by atoms with Crippen molar-refractivity contribution < 1.29 is 13.3 Å². The van der Waals surface area contributed by atoms with Crippen molar-refractivity contribution in [2.75, 3.05) is 16.6 Å². The van der Waals surface area contributed by atoms with E-state index in [0.717, 1.165) is 11.3 Å². The van der Waals surface area contributed by atoms with Crippen molar-refractivity contribution in [3.8, 4) is 0 Å². The van der Waals surface area contributed by atoms with Crippen molar-refractivity contribution in [1.29, 1.82) is 0 Å². The third kappa shape index (κ3) is 3.44. The number of nitrogens with zero attached hydrogens (tertiary/aromatic N) is 3. The van der Waals surface area contributed by atoms with Crippen LogP contribution in [-0.4, -0.2) is 30.1 Å². The lowest BCUT2D eigenvalue weighted by Gasteiger charge is -2.08. The molecule has 2 aromatic rings. The molecule has 0 aliphatic rings. The zero-order valence-corrected chi connectivity index (χ0v) is 12.4. The van der Waals surface area contributed by atoms with E-state index in [1.807, 2.05) is 6.92 Å². The van der Waals surface area contributed by atoms with Crippen molar-refractivity contribution in [1.82, 2.24) is 10.2 Å². The third-order valence-electron chi connectivity index (χ3n) is 2.41. The Hall–Kier alpha value is -2.27. The minimum atomic E-state index is -4.10. The first-order valence-corrected chi connectivity index (χ1v) is 8.11. The van der Waals surface area contributed by atoms with Crippen LogP contribution in [0.15, 0.2) is 28.6 Å². The second-order valence-electron chi connectivity index (χ2n) is 3.82. The van der Waals surface area contributed by atoms with Crippen molar-refractivity contribution in [3.63, 3.8) is 0 Å². The van der Waals surface area contributed by atoms with Crippen molar-refractivity contribution in [2.24, 2.45) is 0 Å². The van der Waals surface area contributed by atoms with Gasteiger partial charge in [-0.3, -0.25) is 14.8 Å². The number of benzene rings is 1. The molecule has 11 heteroatoms. The summed E-state index contributed by atoms with van der Waals surface area (Å²) >= 11 is 0.975. The van der Waals surface area contributed by atoms with Crippen LogP contribution >= 0.6 is 11.3 Å². The smallest absolute Gasteiger partial charge is 0.291 e. The van der Waals surface area contributed by atoms with Crippen molar-refractivity contribution in [3.05, 3.63) is 33.8 Å². The Morgan fingerprint density at radius 2 is 2.19 bits per heavy atom. The number of hydrogen-bond donors (Lipinski definition) is 2. The van der Waals surface area contributed by atoms with Crippen molar-refractivity contribution >= 4 is 37.9 Å². The SMILES string of the molecule is CCNc1ccc(S(=O)(=O)Nc2nncs2)c([N+](=O)[O-])c1. The molecule has 1 aromatic carbocycles. The molecule has 2 N–H and O–H groups in total. The van der Waals surface area contributed by atoms with Gasteiger partial charge in [0.15, 0.2) is 4.90 Å². The number of sulfonamides is 1. The second-order valence-corrected chi connectivity index (χ2v) is 6.30. The Kier molecular flexibility index (Phi) is 4.33. The Morgan fingerprint density at radius 3 is 2.76 bits per heavy atom. The van der Waals surface area contributed by atoms with Gasteiger partial charge < -0.3 is 5.32 Å². The minimum absolute atomic E-state index is 0.0417. The van der Waals surface area contributed by atoms with E-state index in [9.17, 15) is 18.5 Å². The van der Waals surface area contributed by atoms with E-state index in [1.165, 1.54) is 23.7 Å². The molecule has 0 saturated heterocycles. The maximum atomic E-state index is 12.2. The molecule has 0 spiro atoms. The maximum Gasteiger partial charge on any atom is 0.291 e. The molecule has 0 aliphatic heterocycles. The maximum absolute atomic E-state index is 12.2. The molecule has 1 aromatic heterocycles. The molecule has 1 heterocycles. The Labute approximate surface area is 124 Å². The molecule has 0 bridgehead atoms. The first-order valence-electron chi connectivity index (χ1n) is 5.75. The van der Waals surface area contributed by atoms with Gasteiger partial charge in [-0.15, -0.1) is 10.2 Å². The fraction of sp³-hybridized carbons (Fsp3) is 0.200. The summed E-state index contributed by atoms with van der Waals surface area (Å²) in [5, 5.41) is 21.1. The summed E-state index contributed by atoms with van der Waals surface area (Å²) in [4.78, 5) is 9.92. The van der Waals surface area contributed by atoms with E-state index in [0.29, 0.717) is 12.2 Å². The minimum Gasteiger partial charge on any atom is -0.385 e. The normalized spacial score (nSPS) is 11.1. The molecule has 0 saturated carbocycles. The lowest BCUT2D eigenvalue weighted by atomic mass is 10.3. The number of rotatable bonds is 6. The molecule has 2 rings (SSSR count). The van der Waals surface area contributed by atoms with Gasteiger partial charge in [-0.1, -0.05) is 11.3 Å². The zero-order valence-electron chi connectivity index (χ0n) is 10.8. The summed E-state index contributed by atoms with van der Waals surface area (Å²) < 4.78 is 26.5. The van der Waals surface area contributed by atoms with Crippen molar-refractivity contribution in [2.45, 2.75) is 11.8 Å². The summed E-state index contributed by atoms with van der Waals surface area (Å²) in [5.74, 6) is 0. The van der Waals surface area contributed by atoms with E-state index in [1.54, 1.807) is 0 Å². The second kappa shape index (κ2) is 6.01. The van der Waals surface area contributed by atoms with E-state index < -0.39 is 25.5 Å². The van der Waals surface area contributed by atoms with Gasteiger partial charge in [0.25, 0.3) is 15.7 Å². The quantitative estimate of drug-likeness (QED) is 0.609. The van der Waals surface area contributed by atoms with Gasteiger partial charge in [0, 0.05) is 18.3 Å². The highest BCUT2D eigenvalue weighted by Gasteiger charge is 2.27. The predicted molar refractivity (Wildman–Crippen MR) is 78.0 cm³/mol. The molecule has 21 heavy (non-hydrogen) atoms. The number of nitro benzene ring substituents is 1. The van der Waals surface area contributed by atoms with E-state index in [-0.39, 0.29) is 5.13 Å². The van der Waals surface area contributed by atoms with Gasteiger partial charge in [-0.25, -0.2) is 8.42 Å². The van der Waals surface area contributed by atoms with Crippen LogP contribution in [0.4, 0.5) is 16.5 Å². The average Bonchev–Trinajstić information content (AvgIpc) is 2.91. The van der Waals surface area contributed by atoms with Crippen LogP contribution in [0.25, 0.3) is 0 Å². The average molecular weight is 329 g/mol. The Balaban J connectivity index is 2.44. The Morgan fingerprint density at radius 1 is 1.43 bits per heavy atom. The molecular weight excluding hydrogens is 318 g/mol. The number of anilines is 2. The fourth-order valence-corrected chi connectivity index (χ4v) is 3.44. The monoisotopic (exact) mass is 329 g/mol. The standard InChI is InChI=1S/C10H11N5O4S2/c1-2-11-7-3-4-9(8(5-7)15(16)17)21(18,19)14-10-13-12-6-20-10/h3-6,11H,2H2,1H3,(H,13,14). The van der Waals surface area contributed by atoms with Gasteiger partial charge in [-0.05, 0) is 19.1 Å². The van der Waals surface area contributed by atoms with E-state index >= 15 is 0 Å². The predicted octanol–water partition coefficient (Wildman–Crippen LogP) is 1.68. The number of hydrogen-bond acceptors (Lipinski definition) is 8. The lowest BCUT2D eigenvalue weighted by molar-refractivity contribution is -0.387. The lowest BCUT2D eigenvalue weighted by Crippen LogP contribution is -2.15. The third-order valence-corrected chi connectivity index (χ3v) is 4.53. The molecule has 0 aliphatic carbocycles. The van der Waals surface area contributed by atoms with E-state index in [2.05, 4.69) is 20.2 Å². The summed E-state index contributed by atoms with van der Waals surface area (Å²) in [6.07, 6.45) is 0. The van der Waals surface area contributed by atoms with Crippen LogP contribution in [0.5, 0.6) is 0 Å². The molecule has 0 unspecified atom stereocenters. The fourth-order valence-electron chi connectivity index (χ4n) is 1.59. The van der Waals surface area contributed by atoms with Gasteiger partial charge >= 0.3 is 0 Å². The molecule has 112 valence electrons. The molecular formula is C10H11N5O4S2. The number of nitro groups is 1. The van der Waals surface area contributed by atoms with E-state index in [4.69, 9.17) is 0 Å². The highest BCUT2D eigenvalue weighted by molar-refractivity contribution is 7.93. The van der Waals surface area contributed by atoms with Crippen LogP contribution in [0.2, 0.25) is 0 Å². The van der Waals surface area contributed by atoms with Gasteiger partial charge in [0.2, 0.25) is 5.13 Å². The topological polar surface area (TPSA) is 127 Å². The Bertz CT molecular complexity index is 745. The first-order chi connectivity index (χ1) is 9.94. The molecule has 9 nitrogen and oxygen atoms in total. The summed E-state index contributed by atoms with van der Waals surface area (Å²) in [7, 11) is -4.10.